The Hall–Kier alpha value is -3.81. The van der Waals surface area contributed by atoms with Gasteiger partial charge in [0.1, 0.15) is 17.8 Å². The van der Waals surface area contributed by atoms with Crippen LogP contribution >= 0.6 is 0 Å². The summed E-state index contributed by atoms with van der Waals surface area (Å²) in [7, 11) is 0. The minimum Gasteiger partial charge on any atom is -0.462 e. The van der Waals surface area contributed by atoms with Gasteiger partial charge in [0, 0.05) is 30.7 Å². The molecule has 0 fully saturated rings. The van der Waals surface area contributed by atoms with Gasteiger partial charge in [-0.3, -0.25) is 9.78 Å². The Morgan fingerprint density at radius 1 is 1.04 bits per heavy atom. The van der Waals surface area contributed by atoms with Gasteiger partial charge < -0.3 is 15.4 Å². The third-order valence-electron chi connectivity index (χ3n) is 3.77. The lowest BCUT2D eigenvalue weighted by Gasteiger charge is -2.08. The van der Waals surface area contributed by atoms with Crippen molar-refractivity contribution >= 4 is 23.4 Å². The number of hydrogen-bond donors (Lipinski definition) is 2. The van der Waals surface area contributed by atoms with E-state index < -0.39 is 0 Å². The number of nitrogens with one attached hydrogen (secondary N) is 2. The molecule has 0 aliphatic rings. The normalized spacial score (nSPS) is 10.2. The number of benzene rings is 1. The molecule has 1 aromatic carbocycles. The number of anilines is 2. The summed E-state index contributed by atoms with van der Waals surface area (Å²) in [6, 6.07) is 12.0. The van der Waals surface area contributed by atoms with Crippen LogP contribution in [-0.2, 0) is 11.3 Å². The largest absolute Gasteiger partial charge is 0.462 e. The SMILES string of the molecule is CCOC(=O)c1ccc(Nc2cc(C(=O)NCc3ccncc3)ncn2)cc1. The highest BCUT2D eigenvalue weighted by atomic mass is 16.5. The van der Waals surface area contributed by atoms with E-state index in [1.54, 1.807) is 49.6 Å². The summed E-state index contributed by atoms with van der Waals surface area (Å²) in [6.45, 7) is 2.46. The highest BCUT2D eigenvalue weighted by molar-refractivity contribution is 5.93. The van der Waals surface area contributed by atoms with Crippen molar-refractivity contribution in [2.75, 3.05) is 11.9 Å². The molecule has 0 bridgehead atoms. The van der Waals surface area contributed by atoms with E-state index in [2.05, 4.69) is 25.6 Å². The van der Waals surface area contributed by atoms with Gasteiger partial charge >= 0.3 is 5.97 Å². The molecular formula is C20H19N5O3. The van der Waals surface area contributed by atoms with Crippen LogP contribution in [-0.4, -0.2) is 33.4 Å². The molecule has 0 saturated carbocycles. The smallest absolute Gasteiger partial charge is 0.338 e. The molecule has 142 valence electrons. The van der Waals surface area contributed by atoms with Crippen LogP contribution in [0.3, 0.4) is 0 Å². The highest BCUT2D eigenvalue weighted by Gasteiger charge is 2.10. The van der Waals surface area contributed by atoms with E-state index in [4.69, 9.17) is 4.74 Å². The standard InChI is InChI=1S/C20H19N5O3/c1-2-28-20(27)15-3-5-16(6-4-15)25-18-11-17(23-13-24-18)19(26)22-12-14-7-9-21-10-8-14/h3-11,13H,2,12H2,1H3,(H,22,26)(H,23,24,25). The van der Waals surface area contributed by atoms with Gasteiger partial charge in [0.05, 0.1) is 12.2 Å². The first-order valence-electron chi connectivity index (χ1n) is 8.69. The van der Waals surface area contributed by atoms with E-state index in [-0.39, 0.29) is 17.6 Å². The van der Waals surface area contributed by atoms with Crippen molar-refractivity contribution in [1.82, 2.24) is 20.3 Å². The first kappa shape index (κ1) is 19.0. The second kappa shape index (κ2) is 9.22. The first-order valence-corrected chi connectivity index (χ1v) is 8.69. The van der Waals surface area contributed by atoms with Crippen LogP contribution < -0.4 is 10.6 Å². The number of hydrogen-bond acceptors (Lipinski definition) is 7. The quantitative estimate of drug-likeness (QED) is 0.610. The van der Waals surface area contributed by atoms with E-state index in [1.165, 1.54) is 6.33 Å². The zero-order valence-corrected chi connectivity index (χ0v) is 15.3. The van der Waals surface area contributed by atoms with Crippen molar-refractivity contribution in [3.63, 3.8) is 0 Å². The molecule has 8 nitrogen and oxygen atoms in total. The second-order valence-electron chi connectivity index (χ2n) is 5.75. The Morgan fingerprint density at radius 2 is 1.79 bits per heavy atom. The summed E-state index contributed by atoms with van der Waals surface area (Å²) in [5.74, 6) is -0.211. The third kappa shape index (κ3) is 5.10. The molecular weight excluding hydrogens is 358 g/mol. The van der Waals surface area contributed by atoms with Crippen molar-refractivity contribution in [2.45, 2.75) is 13.5 Å². The number of amides is 1. The van der Waals surface area contributed by atoms with Crippen LogP contribution in [0.4, 0.5) is 11.5 Å². The molecule has 3 aromatic rings. The van der Waals surface area contributed by atoms with E-state index >= 15 is 0 Å². The number of esters is 1. The molecule has 0 radical (unpaired) electrons. The molecule has 0 saturated heterocycles. The van der Waals surface area contributed by atoms with Gasteiger partial charge in [0.15, 0.2) is 0 Å². The molecule has 8 heteroatoms. The molecule has 3 rings (SSSR count). The number of aromatic nitrogens is 3. The Bertz CT molecular complexity index is 946. The molecule has 2 aromatic heterocycles. The molecule has 0 aliphatic carbocycles. The van der Waals surface area contributed by atoms with Gasteiger partial charge in [-0.15, -0.1) is 0 Å². The Morgan fingerprint density at radius 3 is 2.50 bits per heavy atom. The fourth-order valence-corrected chi connectivity index (χ4v) is 2.38. The fraction of sp³-hybridized carbons (Fsp3) is 0.150. The van der Waals surface area contributed by atoms with Crippen LogP contribution in [0.15, 0.2) is 61.2 Å². The zero-order chi connectivity index (χ0) is 19.8. The summed E-state index contributed by atoms with van der Waals surface area (Å²) < 4.78 is 4.96. The average Bonchev–Trinajstić information content (AvgIpc) is 2.73. The third-order valence-corrected chi connectivity index (χ3v) is 3.77. The summed E-state index contributed by atoms with van der Waals surface area (Å²) in [5.41, 5.74) is 2.37. The molecule has 0 atom stereocenters. The zero-order valence-electron chi connectivity index (χ0n) is 15.3. The van der Waals surface area contributed by atoms with Gasteiger partial charge in [0.25, 0.3) is 5.91 Å². The number of carbonyl (C=O) groups is 2. The summed E-state index contributed by atoms with van der Waals surface area (Å²) >= 11 is 0. The summed E-state index contributed by atoms with van der Waals surface area (Å²) in [4.78, 5) is 36.1. The van der Waals surface area contributed by atoms with Crippen LogP contribution in [0.1, 0.15) is 33.3 Å². The molecule has 28 heavy (non-hydrogen) atoms. The van der Waals surface area contributed by atoms with Crippen molar-refractivity contribution < 1.29 is 14.3 Å². The van der Waals surface area contributed by atoms with Crippen LogP contribution in [0, 0.1) is 0 Å². The van der Waals surface area contributed by atoms with Crippen molar-refractivity contribution in [1.29, 1.82) is 0 Å². The highest BCUT2D eigenvalue weighted by Crippen LogP contribution is 2.16. The van der Waals surface area contributed by atoms with Crippen molar-refractivity contribution in [3.8, 4) is 0 Å². The Kier molecular flexibility index (Phi) is 6.25. The van der Waals surface area contributed by atoms with Crippen molar-refractivity contribution in [2.24, 2.45) is 0 Å². The molecule has 0 aliphatic heterocycles. The van der Waals surface area contributed by atoms with Crippen LogP contribution in [0.5, 0.6) is 0 Å². The van der Waals surface area contributed by atoms with E-state index in [1.807, 2.05) is 12.1 Å². The summed E-state index contributed by atoms with van der Waals surface area (Å²) in [6.07, 6.45) is 4.65. The van der Waals surface area contributed by atoms with Gasteiger partial charge in [-0.05, 0) is 48.9 Å². The van der Waals surface area contributed by atoms with Gasteiger partial charge in [-0.25, -0.2) is 14.8 Å². The van der Waals surface area contributed by atoms with Gasteiger partial charge in [-0.2, -0.15) is 0 Å². The van der Waals surface area contributed by atoms with E-state index in [0.717, 1.165) is 11.3 Å². The predicted octanol–water partition coefficient (Wildman–Crippen LogP) is 2.72. The minimum atomic E-state index is -0.371. The number of ether oxygens (including phenoxy) is 1. The van der Waals surface area contributed by atoms with Crippen LogP contribution in [0.25, 0.3) is 0 Å². The van der Waals surface area contributed by atoms with E-state index in [9.17, 15) is 9.59 Å². The number of pyridine rings is 1. The number of carbonyl (C=O) groups excluding carboxylic acids is 2. The topological polar surface area (TPSA) is 106 Å². The fourth-order valence-electron chi connectivity index (χ4n) is 2.38. The Labute approximate surface area is 162 Å². The Balaban J connectivity index is 1.62. The lowest BCUT2D eigenvalue weighted by Crippen LogP contribution is -2.24. The van der Waals surface area contributed by atoms with E-state index in [0.29, 0.717) is 24.5 Å². The maximum Gasteiger partial charge on any atom is 0.338 e. The van der Waals surface area contributed by atoms with Crippen molar-refractivity contribution in [3.05, 3.63) is 78.0 Å². The molecule has 2 N–H and O–H groups in total. The molecule has 0 unspecified atom stereocenters. The molecule has 2 heterocycles. The lowest BCUT2D eigenvalue weighted by atomic mass is 10.2. The number of nitrogens with zero attached hydrogens (tertiary/aromatic N) is 3. The van der Waals surface area contributed by atoms with Gasteiger partial charge in [-0.1, -0.05) is 0 Å². The predicted molar refractivity (Wildman–Crippen MR) is 103 cm³/mol. The van der Waals surface area contributed by atoms with Gasteiger partial charge in [0.2, 0.25) is 0 Å². The average molecular weight is 377 g/mol. The molecule has 1 amide bonds. The lowest BCUT2D eigenvalue weighted by molar-refractivity contribution is 0.0526. The number of rotatable bonds is 7. The minimum absolute atomic E-state index is 0.245. The first-order chi connectivity index (χ1) is 13.7. The maximum atomic E-state index is 12.3. The summed E-state index contributed by atoms with van der Waals surface area (Å²) in [5, 5.41) is 5.88. The molecule has 0 spiro atoms. The van der Waals surface area contributed by atoms with Crippen LogP contribution in [0.2, 0.25) is 0 Å². The second-order valence-corrected chi connectivity index (χ2v) is 5.75. The monoisotopic (exact) mass is 377 g/mol. The maximum absolute atomic E-state index is 12.3.